The molecule has 0 aliphatic carbocycles. The molecule has 0 saturated carbocycles. The Kier molecular flexibility index (Phi) is 3.45. The minimum atomic E-state index is 0.142. The maximum Gasteiger partial charge on any atom is 0.121 e. The second-order valence-corrected chi connectivity index (χ2v) is 4.64. The lowest BCUT2D eigenvalue weighted by atomic mass is 9.96. The first kappa shape index (κ1) is 10.4. The third-order valence-electron chi connectivity index (χ3n) is 3.79. The number of likely N-dealkylation sites (tertiary alicyclic amines) is 1. The molecule has 0 bridgehead atoms. The van der Waals surface area contributed by atoms with Crippen LogP contribution in [0.25, 0.3) is 0 Å². The summed E-state index contributed by atoms with van der Waals surface area (Å²) in [5, 5.41) is 0. The summed E-state index contributed by atoms with van der Waals surface area (Å²) in [5.74, 6) is 0. The first-order valence-electron chi connectivity index (χ1n) is 6.26. The Bertz CT molecular complexity index is 175. The predicted octanol–water partition coefficient (Wildman–Crippen LogP) is 2.78. The zero-order valence-corrected chi connectivity index (χ0v) is 9.43. The summed E-state index contributed by atoms with van der Waals surface area (Å²) in [5.41, 5.74) is 0.142. The van der Waals surface area contributed by atoms with Gasteiger partial charge in [0.2, 0.25) is 0 Å². The van der Waals surface area contributed by atoms with Crippen molar-refractivity contribution in [1.82, 2.24) is 4.90 Å². The molecule has 1 unspecified atom stereocenters. The van der Waals surface area contributed by atoms with Crippen molar-refractivity contribution in [2.75, 3.05) is 19.7 Å². The molecule has 2 rings (SSSR count). The fourth-order valence-electron chi connectivity index (χ4n) is 2.97. The smallest absolute Gasteiger partial charge is 0.121 e. The molecule has 82 valence electrons. The summed E-state index contributed by atoms with van der Waals surface area (Å²) in [6.07, 6.45) is 9.26. The summed E-state index contributed by atoms with van der Waals surface area (Å²) in [6.45, 7) is 5.65. The first-order valence-corrected chi connectivity index (χ1v) is 6.26. The molecule has 0 aromatic heterocycles. The van der Waals surface area contributed by atoms with Crippen LogP contribution in [0.5, 0.6) is 0 Å². The van der Waals surface area contributed by atoms with Crippen LogP contribution in [0.15, 0.2) is 0 Å². The highest BCUT2D eigenvalue weighted by Crippen LogP contribution is 2.35. The van der Waals surface area contributed by atoms with Gasteiger partial charge in [-0.05, 0) is 45.1 Å². The van der Waals surface area contributed by atoms with Gasteiger partial charge in [-0.15, -0.1) is 0 Å². The highest BCUT2D eigenvalue weighted by molar-refractivity contribution is 4.85. The van der Waals surface area contributed by atoms with Crippen LogP contribution in [0, 0.1) is 0 Å². The second kappa shape index (κ2) is 4.63. The van der Waals surface area contributed by atoms with Crippen LogP contribution >= 0.6 is 0 Å². The van der Waals surface area contributed by atoms with E-state index in [0.29, 0.717) is 0 Å². The van der Waals surface area contributed by atoms with Crippen molar-refractivity contribution in [3.05, 3.63) is 0 Å². The fourth-order valence-corrected chi connectivity index (χ4v) is 2.97. The van der Waals surface area contributed by atoms with Crippen LogP contribution in [0.4, 0.5) is 0 Å². The van der Waals surface area contributed by atoms with Crippen LogP contribution in [-0.4, -0.2) is 30.3 Å². The predicted molar refractivity (Wildman–Crippen MR) is 58.2 cm³/mol. The van der Waals surface area contributed by atoms with E-state index in [9.17, 15) is 0 Å². The van der Waals surface area contributed by atoms with Crippen molar-refractivity contribution in [3.63, 3.8) is 0 Å². The third kappa shape index (κ3) is 1.96. The van der Waals surface area contributed by atoms with Gasteiger partial charge in [-0.3, -0.25) is 4.90 Å². The van der Waals surface area contributed by atoms with Gasteiger partial charge >= 0.3 is 0 Å². The minimum Gasteiger partial charge on any atom is -0.360 e. The van der Waals surface area contributed by atoms with Gasteiger partial charge in [-0.1, -0.05) is 13.3 Å². The van der Waals surface area contributed by atoms with Gasteiger partial charge in [0.25, 0.3) is 0 Å². The molecule has 2 saturated heterocycles. The molecule has 1 atom stereocenters. The van der Waals surface area contributed by atoms with Crippen LogP contribution in [0.1, 0.15) is 51.9 Å². The Morgan fingerprint density at radius 2 is 1.86 bits per heavy atom. The molecule has 0 aromatic rings. The number of nitrogens with zero attached hydrogens (tertiary/aromatic N) is 1. The summed E-state index contributed by atoms with van der Waals surface area (Å²) in [4.78, 5) is 2.58. The topological polar surface area (TPSA) is 12.5 Å². The van der Waals surface area contributed by atoms with E-state index in [2.05, 4.69) is 11.8 Å². The van der Waals surface area contributed by atoms with E-state index in [-0.39, 0.29) is 5.72 Å². The molecular weight excluding hydrogens is 174 g/mol. The van der Waals surface area contributed by atoms with E-state index >= 15 is 0 Å². The lowest BCUT2D eigenvalue weighted by molar-refractivity contribution is -0.179. The summed E-state index contributed by atoms with van der Waals surface area (Å²) in [6, 6.07) is 0. The van der Waals surface area contributed by atoms with Gasteiger partial charge in [0, 0.05) is 13.2 Å². The van der Waals surface area contributed by atoms with Gasteiger partial charge in [-0.2, -0.15) is 0 Å². The minimum absolute atomic E-state index is 0.142. The molecule has 2 heterocycles. The van der Waals surface area contributed by atoms with E-state index in [4.69, 9.17) is 4.74 Å². The third-order valence-corrected chi connectivity index (χ3v) is 3.79. The summed E-state index contributed by atoms with van der Waals surface area (Å²) >= 11 is 0. The maximum absolute atomic E-state index is 6.12. The van der Waals surface area contributed by atoms with Gasteiger partial charge in [0.1, 0.15) is 5.72 Å². The normalized spacial score (nSPS) is 35.8. The number of ether oxygens (including phenoxy) is 1. The monoisotopic (exact) mass is 197 g/mol. The largest absolute Gasteiger partial charge is 0.360 e. The van der Waals surface area contributed by atoms with E-state index in [1.807, 2.05) is 0 Å². The van der Waals surface area contributed by atoms with Gasteiger partial charge in [-0.25, -0.2) is 0 Å². The molecule has 2 fully saturated rings. The van der Waals surface area contributed by atoms with Crippen LogP contribution in [-0.2, 0) is 4.74 Å². The molecule has 14 heavy (non-hydrogen) atoms. The van der Waals surface area contributed by atoms with Crippen LogP contribution in [0.3, 0.4) is 0 Å². The summed E-state index contributed by atoms with van der Waals surface area (Å²) in [7, 11) is 0. The number of hydrogen-bond donors (Lipinski definition) is 0. The molecule has 0 amide bonds. The van der Waals surface area contributed by atoms with E-state index in [1.165, 1.54) is 51.5 Å². The molecule has 2 nitrogen and oxygen atoms in total. The standard InChI is InChI=1S/C12H23NO/c1-2-13-10-6-3-4-8-12(13)9-5-7-11-14-12/h2-11H2,1H3. The zero-order valence-electron chi connectivity index (χ0n) is 9.43. The molecule has 1 spiro atoms. The van der Waals surface area contributed by atoms with Crippen LogP contribution in [0.2, 0.25) is 0 Å². The summed E-state index contributed by atoms with van der Waals surface area (Å²) < 4.78 is 6.12. The molecule has 2 aliphatic heterocycles. The molecule has 0 aromatic carbocycles. The van der Waals surface area contributed by atoms with Gasteiger partial charge in [0.05, 0.1) is 0 Å². The Morgan fingerprint density at radius 3 is 2.57 bits per heavy atom. The Hall–Kier alpha value is -0.0800. The van der Waals surface area contributed by atoms with Crippen molar-refractivity contribution in [2.45, 2.75) is 57.6 Å². The number of rotatable bonds is 1. The Balaban J connectivity index is 2.08. The lowest BCUT2D eigenvalue weighted by Gasteiger charge is -2.45. The highest BCUT2D eigenvalue weighted by atomic mass is 16.5. The SMILES string of the molecule is CCN1CCCCCC12CCCCO2. The quantitative estimate of drug-likeness (QED) is 0.641. The van der Waals surface area contributed by atoms with Crippen molar-refractivity contribution < 1.29 is 4.74 Å². The highest BCUT2D eigenvalue weighted by Gasteiger charge is 2.38. The van der Waals surface area contributed by atoms with Crippen molar-refractivity contribution in [1.29, 1.82) is 0 Å². The van der Waals surface area contributed by atoms with Crippen molar-refractivity contribution in [3.8, 4) is 0 Å². The average molecular weight is 197 g/mol. The van der Waals surface area contributed by atoms with Gasteiger partial charge < -0.3 is 4.74 Å². The molecule has 0 N–H and O–H groups in total. The second-order valence-electron chi connectivity index (χ2n) is 4.64. The lowest BCUT2D eigenvalue weighted by Crippen LogP contribution is -2.52. The van der Waals surface area contributed by atoms with Crippen molar-refractivity contribution >= 4 is 0 Å². The number of hydrogen-bond acceptors (Lipinski definition) is 2. The molecule has 2 aliphatic rings. The van der Waals surface area contributed by atoms with E-state index in [1.54, 1.807) is 0 Å². The van der Waals surface area contributed by atoms with Crippen LogP contribution < -0.4 is 0 Å². The van der Waals surface area contributed by atoms with Crippen molar-refractivity contribution in [2.24, 2.45) is 0 Å². The average Bonchev–Trinajstić information content (AvgIpc) is 2.42. The molecular formula is C12H23NO. The fraction of sp³-hybridized carbons (Fsp3) is 1.00. The Labute approximate surface area is 87.6 Å². The maximum atomic E-state index is 6.12. The molecule has 0 radical (unpaired) electrons. The Morgan fingerprint density at radius 1 is 1.07 bits per heavy atom. The van der Waals surface area contributed by atoms with E-state index < -0.39 is 0 Å². The van der Waals surface area contributed by atoms with Gasteiger partial charge in [0.15, 0.2) is 0 Å². The zero-order chi connectivity index (χ0) is 9.86. The molecule has 2 heteroatoms. The van der Waals surface area contributed by atoms with E-state index in [0.717, 1.165) is 13.2 Å². The first-order chi connectivity index (χ1) is 6.87.